The summed E-state index contributed by atoms with van der Waals surface area (Å²) in [4.78, 5) is 11.1. The average molecular weight is 241 g/mol. The first-order valence-corrected chi connectivity index (χ1v) is 5.38. The van der Waals surface area contributed by atoms with E-state index in [0.717, 1.165) is 10.8 Å². The molecule has 90 valence electrons. The number of hydrogen-bond donors (Lipinski definition) is 0. The van der Waals surface area contributed by atoms with Crippen molar-refractivity contribution in [3.63, 3.8) is 0 Å². The quantitative estimate of drug-likeness (QED) is 0.757. The van der Waals surface area contributed by atoms with E-state index < -0.39 is 12.3 Å². The summed E-state index contributed by atoms with van der Waals surface area (Å²) in [5.74, 6) is 0. The van der Waals surface area contributed by atoms with Crippen LogP contribution in [0, 0.1) is 11.3 Å². The number of carbonyl (C=O) groups is 1. The number of methoxy groups -OCH3 is 1. The van der Waals surface area contributed by atoms with E-state index in [4.69, 9.17) is 10.00 Å². The maximum Gasteiger partial charge on any atom is 0.509 e. The Balaban J connectivity index is 2.46. The number of ether oxygens (including phenoxy) is 2. The van der Waals surface area contributed by atoms with Crippen molar-refractivity contribution in [2.24, 2.45) is 0 Å². The first-order valence-electron chi connectivity index (χ1n) is 5.38. The molecule has 0 saturated carbocycles. The number of carbonyl (C=O) groups excluding carboxylic acids is 1. The molecule has 2 rings (SSSR count). The van der Waals surface area contributed by atoms with Gasteiger partial charge in [-0.2, -0.15) is 5.26 Å². The third-order valence-electron chi connectivity index (χ3n) is 2.60. The molecule has 0 fully saturated rings. The van der Waals surface area contributed by atoms with Crippen molar-refractivity contribution in [1.82, 2.24) is 0 Å². The summed E-state index contributed by atoms with van der Waals surface area (Å²) in [6.07, 6.45) is -1.84. The summed E-state index contributed by atoms with van der Waals surface area (Å²) in [5.41, 5.74) is 0.654. The molecule has 0 aliphatic carbocycles. The zero-order chi connectivity index (χ0) is 13.0. The van der Waals surface area contributed by atoms with Gasteiger partial charge in [-0.25, -0.2) is 4.79 Å². The van der Waals surface area contributed by atoms with Gasteiger partial charge in [-0.05, 0) is 10.8 Å². The number of rotatable bonds is 2. The predicted molar refractivity (Wildman–Crippen MR) is 65.8 cm³/mol. The Morgan fingerprint density at radius 1 is 1.22 bits per heavy atom. The highest BCUT2D eigenvalue weighted by Gasteiger charge is 2.18. The van der Waals surface area contributed by atoms with Crippen molar-refractivity contribution in [3.8, 4) is 6.07 Å². The van der Waals surface area contributed by atoms with Crippen LogP contribution in [0.25, 0.3) is 10.8 Å². The van der Waals surface area contributed by atoms with Crippen molar-refractivity contribution in [1.29, 1.82) is 5.26 Å². The topological polar surface area (TPSA) is 59.3 Å². The lowest BCUT2D eigenvalue weighted by atomic mass is 10.0. The van der Waals surface area contributed by atoms with Crippen molar-refractivity contribution >= 4 is 16.9 Å². The third-order valence-corrected chi connectivity index (χ3v) is 2.60. The van der Waals surface area contributed by atoms with Crippen LogP contribution in [0.4, 0.5) is 4.79 Å². The Hall–Kier alpha value is -2.54. The minimum atomic E-state index is -0.969. The smallest absolute Gasteiger partial charge is 0.438 e. The third kappa shape index (κ3) is 2.25. The molecule has 0 saturated heterocycles. The summed E-state index contributed by atoms with van der Waals surface area (Å²) in [6, 6.07) is 15.1. The van der Waals surface area contributed by atoms with Gasteiger partial charge in [0.25, 0.3) is 0 Å². The van der Waals surface area contributed by atoms with Gasteiger partial charge in [0.15, 0.2) is 0 Å². The number of hydrogen-bond acceptors (Lipinski definition) is 4. The molecule has 2 aromatic rings. The van der Waals surface area contributed by atoms with Crippen LogP contribution in [0.2, 0.25) is 0 Å². The van der Waals surface area contributed by atoms with Gasteiger partial charge in [-0.3, -0.25) is 0 Å². The second kappa shape index (κ2) is 5.19. The highest BCUT2D eigenvalue weighted by atomic mass is 16.7. The van der Waals surface area contributed by atoms with Gasteiger partial charge in [-0.1, -0.05) is 42.5 Å². The van der Waals surface area contributed by atoms with Gasteiger partial charge in [0, 0.05) is 5.56 Å². The number of fused-ring (bicyclic) bond motifs is 1. The lowest BCUT2D eigenvalue weighted by Crippen LogP contribution is -2.10. The Kier molecular flexibility index (Phi) is 3.44. The molecule has 0 spiro atoms. The van der Waals surface area contributed by atoms with Crippen LogP contribution in [0.15, 0.2) is 42.5 Å². The van der Waals surface area contributed by atoms with Gasteiger partial charge in [0.05, 0.1) is 7.11 Å². The molecule has 1 atom stereocenters. The molecule has 0 amide bonds. The molecule has 4 nitrogen and oxygen atoms in total. The summed E-state index contributed by atoms with van der Waals surface area (Å²) in [5, 5.41) is 11.0. The molecule has 0 bridgehead atoms. The normalized spacial score (nSPS) is 11.6. The van der Waals surface area contributed by atoms with Crippen molar-refractivity contribution in [3.05, 3.63) is 48.0 Å². The van der Waals surface area contributed by atoms with Crippen LogP contribution >= 0.6 is 0 Å². The van der Waals surface area contributed by atoms with Gasteiger partial charge in [0.2, 0.25) is 6.10 Å². The highest BCUT2D eigenvalue weighted by molar-refractivity contribution is 5.86. The Morgan fingerprint density at radius 3 is 2.67 bits per heavy atom. The standard InChI is InChI=1S/C14H11NO3/c1-17-14(16)18-13(9-15)12-8-4-6-10-5-2-3-7-11(10)12/h2-8,13H,1H3/t13-/m0/s1. The van der Waals surface area contributed by atoms with Crippen LogP contribution in [0.3, 0.4) is 0 Å². The molecule has 18 heavy (non-hydrogen) atoms. The molecule has 0 unspecified atom stereocenters. The first-order chi connectivity index (χ1) is 8.76. The van der Waals surface area contributed by atoms with Crippen molar-refractivity contribution in [2.45, 2.75) is 6.10 Å². The summed E-state index contributed by atoms with van der Waals surface area (Å²) in [7, 11) is 1.21. The lowest BCUT2D eigenvalue weighted by Gasteiger charge is -2.12. The zero-order valence-corrected chi connectivity index (χ0v) is 9.79. The van der Waals surface area contributed by atoms with Gasteiger partial charge in [0.1, 0.15) is 6.07 Å². The maximum absolute atomic E-state index is 11.1. The molecule has 0 radical (unpaired) electrons. The molecule has 4 heteroatoms. The minimum Gasteiger partial charge on any atom is -0.438 e. The number of nitriles is 1. The van der Waals surface area contributed by atoms with E-state index in [9.17, 15) is 4.79 Å². The van der Waals surface area contributed by atoms with E-state index in [2.05, 4.69) is 4.74 Å². The van der Waals surface area contributed by atoms with E-state index in [1.54, 1.807) is 6.07 Å². The van der Waals surface area contributed by atoms with E-state index in [0.29, 0.717) is 5.56 Å². The van der Waals surface area contributed by atoms with Crippen LogP contribution in [0.5, 0.6) is 0 Å². The molecule has 2 aromatic carbocycles. The Morgan fingerprint density at radius 2 is 1.94 bits per heavy atom. The summed E-state index contributed by atoms with van der Waals surface area (Å²) >= 11 is 0. The molecule has 0 aromatic heterocycles. The molecule has 0 aliphatic rings. The highest BCUT2D eigenvalue weighted by Crippen LogP contribution is 2.26. The first kappa shape index (κ1) is 11.9. The molecular formula is C14H11NO3. The van der Waals surface area contributed by atoms with Crippen molar-refractivity contribution < 1.29 is 14.3 Å². The SMILES string of the molecule is COC(=O)O[C@@H](C#N)c1cccc2ccccc12. The van der Waals surface area contributed by atoms with E-state index >= 15 is 0 Å². The van der Waals surface area contributed by atoms with E-state index in [-0.39, 0.29) is 0 Å². The van der Waals surface area contributed by atoms with Gasteiger partial charge < -0.3 is 9.47 Å². The van der Waals surface area contributed by atoms with Crippen LogP contribution in [-0.2, 0) is 9.47 Å². The number of benzene rings is 2. The minimum absolute atomic E-state index is 0.654. The second-order valence-electron chi connectivity index (χ2n) is 3.65. The maximum atomic E-state index is 11.1. The van der Waals surface area contributed by atoms with Gasteiger partial charge in [-0.15, -0.1) is 0 Å². The predicted octanol–water partition coefficient (Wildman–Crippen LogP) is 3.19. The van der Waals surface area contributed by atoms with Crippen LogP contribution < -0.4 is 0 Å². The Bertz CT molecular complexity index is 610. The largest absolute Gasteiger partial charge is 0.509 e. The molecular weight excluding hydrogens is 230 g/mol. The molecule has 0 heterocycles. The summed E-state index contributed by atoms with van der Waals surface area (Å²) in [6.45, 7) is 0. The second-order valence-corrected chi connectivity index (χ2v) is 3.65. The monoisotopic (exact) mass is 241 g/mol. The van der Waals surface area contributed by atoms with Crippen LogP contribution in [0.1, 0.15) is 11.7 Å². The molecule has 0 N–H and O–H groups in total. The fourth-order valence-electron chi connectivity index (χ4n) is 1.78. The van der Waals surface area contributed by atoms with Crippen LogP contribution in [-0.4, -0.2) is 13.3 Å². The number of nitrogens with zero attached hydrogens (tertiary/aromatic N) is 1. The fraction of sp³-hybridized carbons (Fsp3) is 0.143. The average Bonchev–Trinajstić information content (AvgIpc) is 2.44. The molecule has 0 aliphatic heterocycles. The fourth-order valence-corrected chi connectivity index (χ4v) is 1.78. The Labute approximate surface area is 104 Å². The lowest BCUT2D eigenvalue weighted by molar-refractivity contribution is 0.0548. The van der Waals surface area contributed by atoms with Gasteiger partial charge >= 0.3 is 6.16 Å². The summed E-state index contributed by atoms with van der Waals surface area (Å²) < 4.78 is 9.32. The zero-order valence-electron chi connectivity index (χ0n) is 9.79. The van der Waals surface area contributed by atoms with Crippen molar-refractivity contribution in [2.75, 3.05) is 7.11 Å². The van der Waals surface area contributed by atoms with E-state index in [1.807, 2.05) is 42.5 Å². The van der Waals surface area contributed by atoms with E-state index in [1.165, 1.54) is 7.11 Å².